The highest BCUT2D eigenvalue weighted by Crippen LogP contribution is 2.17. The van der Waals surface area contributed by atoms with Crippen LogP contribution in [0.25, 0.3) is 0 Å². The second-order valence-electron chi connectivity index (χ2n) is 6.78. The van der Waals surface area contributed by atoms with Gasteiger partial charge in [-0.05, 0) is 59.6 Å². The molecule has 22 heavy (non-hydrogen) atoms. The van der Waals surface area contributed by atoms with Gasteiger partial charge in [-0.15, -0.1) is 0 Å². The Balaban J connectivity index is 2.27. The molecule has 0 aliphatic heterocycles. The molecular formula is C20H36N2. The molecule has 0 bridgehead atoms. The highest BCUT2D eigenvalue weighted by Gasteiger charge is 2.13. The van der Waals surface area contributed by atoms with E-state index in [0.29, 0.717) is 0 Å². The standard InChI is InChI=1S/C20H36N2/c1-5-15-22(17-14-21-20-11-6-7-12-20)16-13-19(4)10-8-9-18(2)3/h5,9,13,15,20-21H,6-8,10-12,14,16-17H2,1-4H3/b15-5-,19-13+. The lowest BCUT2D eigenvalue weighted by atomic mass is 10.1. The van der Waals surface area contributed by atoms with Crippen molar-refractivity contribution in [3.05, 3.63) is 35.6 Å². The molecular weight excluding hydrogens is 268 g/mol. The van der Waals surface area contributed by atoms with Crippen LogP contribution in [0.2, 0.25) is 0 Å². The summed E-state index contributed by atoms with van der Waals surface area (Å²) in [6.45, 7) is 11.9. The lowest BCUT2D eigenvalue weighted by Crippen LogP contribution is -2.34. The number of hydrogen-bond donors (Lipinski definition) is 1. The molecule has 1 fully saturated rings. The molecule has 1 aliphatic rings. The van der Waals surface area contributed by atoms with Crippen molar-refractivity contribution in [1.29, 1.82) is 0 Å². The van der Waals surface area contributed by atoms with Crippen molar-refractivity contribution in [3.8, 4) is 0 Å². The van der Waals surface area contributed by atoms with Gasteiger partial charge in [0.15, 0.2) is 0 Å². The van der Waals surface area contributed by atoms with Gasteiger partial charge in [-0.2, -0.15) is 0 Å². The second kappa shape index (κ2) is 11.5. The van der Waals surface area contributed by atoms with Crippen molar-refractivity contribution < 1.29 is 0 Å². The Hall–Kier alpha value is -1.02. The van der Waals surface area contributed by atoms with Crippen LogP contribution in [-0.4, -0.2) is 30.6 Å². The summed E-state index contributed by atoms with van der Waals surface area (Å²) >= 11 is 0. The number of rotatable bonds is 10. The maximum Gasteiger partial charge on any atom is 0.0357 e. The van der Waals surface area contributed by atoms with Gasteiger partial charge in [-0.1, -0.05) is 42.2 Å². The third-order valence-electron chi connectivity index (χ3n) is 4.31. The van der Waals surface area contributed by atoms with Gasteiger partial charge in [0.1, 0.15) is 0 Å². The Morgan fingerprint density at radius 2 is 1.86 bits per heavy atom. The molecule has 0 aromatic heterocycles. The summed E-state index contributed by atoms with van der Waals surface area (Å²) in [4.78, 5) is 2.41. The fraction of sp³-hybridized carbons (Fsp3) is 0.700. The molecule has 0 amide bonds. The number of allylic oxidation sites excluding steroid dienone is 4. The molecule has 0 unspecified atom stereocenters. The van der Waals surface area contributed by atoms with E-state index in [1.807, 2.05) is 0 Å². The molecule has 2 nitrogen and oxygen atoms in total. The summed E-state index contributed by atoms with van der Waals surface area (Å²) < 4.78 is 0. The predicted molar refractivity (Wildman–Crippen MR) is 99.1 cm³/mol. The zero-order chi connectivity index (χ0) is 16.2. The Morgan fingerprint density at radius 1 is 1.14 bits per heavy atom. The molecule has 1 saturated carbocycles. The Morgan fingerprint density at radius 3 is 2.50 bits per heavy atom. The van der Waals surface area contributed by atoms with E-state index in [1.165, 1.54) is 43.3 Å². The first-order chi connectivity index (χ1) is 10.6. The fourth-order valence-electron chi connectivity index (χ4n) is 2.94. The molecule has 1 N–H and O–H groups in total. The van der Waals surface area contributed by atoms with Crippen LogP contribution in [0, 0.1) is 0 Å². The monoisotopic (exact) mass is 304 g/mol. The van der Waals surface area contributed by atoms with Crippen LogP contribution >= 0.6 is 0 Å². The second-order valence-corrected chi connectivity index (χ2v) is 6.78. The summed E-state index contributed by atoms with van der Waals surface area (Å²) in [5.74, 6) is 0. The van der Waals surface area contributed by atoms with Crippen LogP contribution in [0.1, 0.15) is 66.2 Å². The molecule has 0 aromatic carbocycles. The van der Waals surface area contributed by atoms with E-state index in [9.17, 15) is 0 Å². The summed E-state index contributed by atoms with van der Waals surface area (Å²) in [7, 11) is 0. The molecule has 0 atom stereocenters. The van der Waals surface area contributed by atoms with Gasteiger partial charge in [0.05, 0.1) is 0 Å². The lowest BCUT2D eigenvalue weighted by Gasteiger charge is -2.21. The number of nitrogens with one attached hydrogen (secondary N) is 1. The lowest BCUT2D eigenvalue weighted by molar-refractivity contribution is 0.387. The van der Waals surface area contributed by atoms with Crippen molar-refractivity contribution in [2.24, 2.45) is 0 Å². The predicted octanol–water partition coefficient (Wildman–Crippen LogP) is 5.05. The van der Waals surface area contributed by atoms with E-state index in [0.717, 1.165) is 32.1 Å². The smallest absolute Gasteiger partial charge is 0.0357 e. The van der Waals surface area contributed by atoms with E-state index in [4.69, 9.17) is 0 Å². The maximum absolute atomic E-state index is 3.70. The first-order valence-corrected chi connectivity index (χ1v) is 9.01. The van der Waals surface area contributed by atoms with Crippen LogP contribution in [0.3, 0.4) is 0 Å². The first-order valence-electron chi connectivity index (χ1n) is 9.01. The molecule has 0 heterocycles. The largest absolute Gasteiger partial charge is 0.373 e. The number of nitrogens with zero attached hydrogens (tertiary/aromatic N) is 1. The summed E-state index contributed by atoms with van der Waals surface area (Å²) in [6, 6.07) is 0.772. The summed E-state index contributed by atoms with van der Waals surface area (Å²) in [5.41, 5.74) is 2.91. The minimum Gasteiger partial charge on any atom is -0.373 e. The Bertz CT molecular complexity index is 369. The Kier molecular flexibility index (Phi) is 9.98. The van der Waals surface area contributed by atoms with Gasteiger partial charge in [0.2, 0.25) is 0 Å². The molecule has 0 aromatic rings. The molecule has 0 saturated heterocycles. The van der Waals surface area contributed by atoms with E-state index in [2.05, 4.69) is 62.3 Å². The van der Waals surface area contributed by atoms with Gasteiger partial charge < -0.3 is 10.2 Å². The van der Waals surface area contributed by atoms with Crippen molar-refractivity contribution in [3.63, 3.8) is 0 Å². The SMILES string of the molecule is C/C=C\N(C/C=C(\C)CCC=C(C)C)CCNC1CCCC1. The zero-order valence-corrected chi connectivity index (χ0v) is 15.2. The van der Waals surface area contributed by atoms with Crippen molar-refractivity contribution >= 4 is 0 Å². The normalized spacial score (nSPS) is 16.5. The van der Waals surface area contributed by atoms with E-state index >= 15 is 0 Å². The van der Waals surface area contributed by atoms with E-state index in [-0.39, 0.29) is 0 Å². The highest BCUT2D eigenvalue weighted by molar-refractivity contribution is 5.04. The van der Waals surface area contributed by atoms with Crippen molar-refractivity contribution in [2.45, 2.75) is 72.3 Å². The molecule has 1 aliphatic carbocycles. The minimum absolute atomic E-state index is 0.772. The molecule has 0 spiro atoms. The molecule has 0 radical (unpaired) electrons. The van der Waals surface area contributed by atoms with Crippen molar-refractivity contribution in [2.75, 3.05) is 19.6 Å². The van der Waals surface area contributed by atoms with E-state index in [1.54, 1.807) is 0 Å². The third kappa shape index (κ3) is 9.09. The maximum atomic E-state index is 3.70. The zero-order valence-electron chi connectivity index (χ0n) is 15.2. The van der Waals surface area contributed by atoms with Crippen LogP contribution < -0.4 is 5.32 Å². The topological polar surface area (TPSA) is 15.3 Å². The highest BCUT2D eigenvalue weighted by atomic mass is 15.1. The van der Waals surface area contributed by atoms with Crippen LogP contribution in [0.5, 0.6) is 0 Å². The van der Waals surface area contributed by atoms with Gasteiger partial charge >= 0.3 is 0 Å². The molecule has 1 rings (SSSR count). The van der Waals surface area contributed by atoms with Gasteiger partial charge in [0, 0.05) is 25.7 Å². The molecule has 2 heteroatoms. The van der Waals surface area contributed by atoms with Gasteiger partial charge in [0.25, 0.3) is 0 Å². The summed E-state index contributed by atoms with van der Waals surface area (Å²) in [6.07, 6.45) is 17.0. The average Bonchev–Trinajstić information content (AvgIpc) is 2.97. The van der Waals surface area contributed by atoms with Crippen molar-refractivity contribution in [1.82, 2.24) is 10.2 Å². The molecule has 126 valence electrons. The van der Waals surface area contributed by atoms with Gasteiger partial charge in [-0.3, -0.25) is 0 Å². The van der Waals surface area contributed by atoms with Crippen LogP contribution in [0.15, 0.2) is 35.6 Å². The first kappa shape index (κ1) is 19.0. The fourth-order valence-corrected chi connectivity index (χ4v) is 2.94. The average molecular weight is 305 g/mol. The Labute approximate surface area is 138 Å². The van der Waals surface area contributed by atoms with Crippen LogP contribution in [-0.2, 0) is 0 Å². The van der Waals surface area contributed by atoms with Crippen LogP contribution in [0.4, 0.5) is 0 Å². The third-order valence-corrected chi connectivity index (χ3v) is 4.31. The quantitative estimate of drug-likeness (QED) is 0.568. The summed E-state index contributed by atoms with van der Waals surface area (Å²) in [5, 5.41) is 3.70. The van der Waals surface area contributed by atoms with Gasteiger partial charge in [-0.25, -0.2) is 0 Å². The van der Waals surface area contributed by atoms with E-state index < -0.39 is 0 Å². The minimum atomic E-state index is 0.772. The number of hydrogen-bond acceptors (Lipinski definition) is 2.